The van der Waals surface area contributed by atoms with E-state index < -0.39 is 0 Å². The number of morpholine rings is 1. The van der Waals surface area contributed by atoms with E-state index in [4.69, 9.17) is 10.5 Å². The van der Waals surface area contributed by atoms with Crippen molar-refractivity contribution in [3.63, 3.8) is 0 Å². The molecule has 1 aliphatic rings. The molecule has 1 amide bonds. The zero-order valence-electron chi connectivity index (χ0n) is 13.0. The van der Waals surface area contributed by atoms with E-state index in [1.165, 1.54) is 0 Å². The van der Waals surface area contributed by atoms with Crippen molar-refractivity contribution in [2.75, 3.05) is 32.0 Å². The summed E-state index contributed by atoms with van der Waals surface area (Å²) in [6.45, 7) is 8.86. The minimum absolute atomic E-state index is 0.00920. The molecule has 0 aliphatic carbocycles. The lowest BCUT2D eigenvalue weighted by Gasteiger charge is -2.34. The third-order valence-electron chi connectivity index (χ3n) is 3.92. The van der Waals surface area contributed by atoms with E-state index in [9.17, 15) is 4.79 Å². The topological polar surface area (TPSA) is 80.5 Å². The molecule has 0 aromatic carbocycles. The highest BCUT2D eigenvalue weighted by Crippen LogP contribution is 2.20. The van der Waals surface area contributed by atoms with E-state index >= 15 is 0 Å². The normalized spacial score (nSPS) is 19.5. The summed E-state index contributed by atoms with van der Waals surface area (Å²) in [6, 6.07) is -0.262. The van der Waals surface area contributed by atoms with Crippen molar-refractivity contribution in [2.24, 2.45) is 0 Å². The Morgan fingerprint density at radius 3 is 3.05 bits per heavy atom. The number of amides is 1. The fourth-order valence-electron chi connectivity index (χ4n) is 2.50. The molecule has 1 fully saturated rings. The molecule has 2 rings (SSSR count). The smallest absolute Gasteiger partial charge is 0.239 e. The Morgan fingerprint density at radius 1 is 1.57 bits per heavy atom. The second-order valence-corrected chi connectivity index (χ2v) is 5.38. The van der Waals surface area contributed by atoms with Crippen molar-refractivity contribution in [3.05, 3.63) is 23.0 Å². The van der Waals surface area contributed by atoms with Crippen molar-refractivity contribution in [3.8, 4) is 0 Å². The predicted molar refractivity (Wildman–Crippen MR) is 81.8 cm³/mol. The monoisotopic (exact) mass is 292 g/mol. The lowest BCUT2D eigenvalue weighted by Crippen LogP contribution is -2.53. The first-order valence-electron chi connectivity index (χ1n) is 7.34. The summed E-state index contributed by atoms with van der Waals surface area (Å²) >= 11 is 0. The molecule has 0 bridgehead atoms. The largest absolute Gasteiger partial charge is 0.398 e. The van der Waals surface area contributed by atoms with E-state index in [2.05, 4.69) is 15.2 Å². The zero-order valence-corrected chi connectivity index (χ0v) is 13.0. The number of pyridine rings is 1. The van der Waals surface area contributed by atoms with Crippen LogP contribution in [-0.2, 0) is 16.1 Å². The van der Waals surface area contributed by atoms with Gasteiger partial charge in [0, 0.05) is 31.5 Å². The Hall–Kier alpha value is -1.66. The molecule has 116 valence electrons. The average molecular weight is 292 g/mol. The van der Waals surface area contributed by atoms with Gasteiger partial charge in [-0.2, -0.15) is 0 Å². The molecule has 0 radical (unpaired) electrons. The maximum atomic E-state index is 12.1. The summed E-state index contributed by atoms with van der Waals surface area (Å²) in [5.41, 5.74) is 9.75. The molecule has 1 atom stereocenters. The van der Waals surface area contributed by atoms with Gasteiger partial charge >= 0.3 is 0 Å². The van der Waals surface area contributed by atoms with Gasteiger partial charge in [-0.1, -0.05) is 0 Å². The number of hydrogen-bond donors (Lipinski definition) is 2. The summed E-state index contributed by atoms with van der Waals surface area (Å²) in [5, 5.41) is 2.86. The number of ether oxygens (including phenoxy) is 1. The quantitative estimate of drug-likeness (QED) is 0.850. The van der Waals surface area contributed by atoms with Crippen molar-refractivity contribution < 1.29 is 9.53 Å². The molecule has 6 nitrogen and oxygen atoms in total. The Balaban J connectivity index is 2.16. The molecule has 6 heteroatoms. The van der Waals surface area contributed by atoms with Gasteiger partial charge in [0.15, 0.2) is 0 Å². The Morgan fingerprint density at radius 2 is 2.33 bits per heavy atom. The van der Waals surface area contributed by atoms with Crippen molar-refractivity contribution >= 4 is 11.6 Å². The molecule has 1 aliphatic heterocycles. The van der Waals surface area contributed by atoms with Crippen LogP contribution in [0.3, 0.4) is 0 Å². The summed E-state index contributed by atoms with van der Waals surface area (Å²) < 4.78 is 5.44. The molecule has 0 spiro atoms. The van der Waals surface area contributed by atoms with E-state index in [0.29, 0.717) is 26.3 Å². The van der Waals surface area contributed by atoms with Crippen LogP contribution in [0, 0.1) is 13.8 Å². The first-order chi connectivity index (χ1) is 10.0. The second-order valence-electron chi connectivity index (χ2n) is 5.38. The first kappa shape index (κ1) is 15.7. The molecule has 1 aromatic rings. The summed E-state index contributed by atoms with van der Waals surface area (Å²) in [5.74, 6) is 0.00920. The van der Waals surface area contributed by atoms with Crippen molar-refractivity contribution in [2.45, 2.75) is 33.4 Å². The number of nitrogens with two attached hydrogens (primary N) is 1. The maximum absolute atomic E-state index is 12.1. The zero-order chi connectivity index (χ0) is 15.4. The van der Waals surface area contributed by atoms with Crippen LogP contribution >= 0.6 is 0 Å². The fraction of sp³-hybridized carbons (Fsp3) is 0.600. The Kier molecular flexibility index (Phi) is 5.14. The molecule has 0 saturated carbocycles. The second kappa shape index (κ2) is 6.87. The highest BCUT2D eigenvalue weighted by molar-refractivity contribution is 5.82. The van der Waals surface area contributed by atoms with E-state index in [1.807, 2.05) is 20.8 Å². The van der Waals surface area contributed by atoms with E-state index in [-0.39, 0.29) is 11.9 Å². The number of anilines is 1. The molecule has 1 saturated heterocycles. The van der Waals surface area contributed by atoms with Crippen LogP contribution in [0.1, 0.15) is 23.7 Å². The number of aryl methyl sites for hydroxylation is 1. The highest BCUT2D eigenvalue weighted by Gasteiger charge is 2.29. The van der Waals surface area contributed by atoms with Crippen LogP contribution in [0.15, 0.2) is 6.20 Å². The van der Waals surface area contributed by atoms with Gasteiger partial charge in [-0.25, -0.2) is 0 Å². The number of aromatic nitrogens is 1. The molecular formula is C15H24N4O2. The number of nitrogens with one attached hydrogen (secondary N) is 1. The SMILES string of the molecule is CCNC(=O)C1COCCN1Cc1ncc(C)c(N)c1C. The number of rotatable bonds is 4. The van der Waals surface area contributed by atoms with Crippen LogP contribution in [0.4, 0.5) is 5.69 Å². The van der Waals surface area contributed by atoms with Gasteiger partial charge in [-0.3, -0.25) is 14.7 Å². The van der Waals surface area contributed by atoms with Gasteiger partial charge in [0.2, 0.25) is 5.91 Å². The fourth-order valence-corrected chi connectivity index (χ4v) is 2.50. The highest BCUT2D eigenvalue weighted by atomic mass is 16.5. The Labute approximate surface area is 125 Å². The van der Waals surface area contributed by atoms with E-state index in [0.717, 1.165) is 29.1 Å². The predicted octanol–water partition coefficient (Wildman–Crippen LogP) is 0.618. The Bertz CT molecular complexity index is 519. The number of nitrogen functional groups attached to an aromatic ring is 1. The third-order valence-corrected chi connectivity index (χ3v) is 3.92. The first-order valence-corrected chi connectivity index (χ1v) is 7.34. The van der Waals surface area contributed by atoms with Gasteiger partial charge in [0.05, 0.1) is 18.9 Å². The van der Waals surface area contributed by atoms with Gasteiger partial charge in [-0.15, -0.1) is 0 Å². The maximum Gasteiger partial charge on any atom is 0.239 e. The minimum atomic E-state index is -0.262. The van der Waals surface area contributed by atoms with Crippen LogP contribution < -0.4 is 11.1 Å². The van der Waals surface area contributed by atoms with E-state index in [1.54, 1.807) is 6.20 Å². The summed E-state index contributed by atoms with van der Waals surface area (Å²) in [6.07, 6.45) is 1.79. The standard InChI is InChI=1S/C15H24N4O2/c1-4-17-15(20)13-9-21-6-5-19(13)8-12-11(3)14(16)10(2)7-18-12/h7,13H,4-6,8-9H2,1-3H3,(H2,16,18)(H,17,20). The number of hydrogen-bond acceptors (Lipinski definition) is 5. The number of carbonyl (C=O) groups excluding carboxylic acids is 1. The molecule has 1 aromatic heterocycles. The number of nitrogens with zero attached hydrogens (tertiary/aromatic N) is 2. The summed E-state index contributed by atoms with van der Waals surface area (Å²) in [4.78, 5) is 18.7. The van der Waals surface area contributed by atoms with Crippen LogP contribution in [0.2, 0.25) is 0 Å². The molecule has 2 heterocycles. The van der Waals surface area contributed by atoms with Gasteiger partial charge in [0.1, 0.15) is 6.04 Å². The minimum Gasteiger partial charge on any atom is -0.398 e. The number of likely N-dealkylation sites (N-methyl/N-ethyl adjacent to an activating group) is 1. The van der Waals surface area contributed by atoms with Crippen LogP contribution in [-0.4, -0.2) is 48.1 Å². The third kappa shape index (κ3) is 3.51. The van der Waals surface area contributed by atoms with Gasteiger partial charge in [0.25, 0.3) is 0 Å². The van der Waals surface area contributed by atoms with Crippen molar-refractivity contribution in [1.29, 1.82) is 0 Å². The van der Waals surface area contributed by atoms with Gasteiger partial charge < -0.3 is 15.8 Å². The number of carbonyl (C=O) groups is 1. The molecular weight excluding hydrogens is 268 g/mol. The lowest BCUT2D eigenvalue weighted by atomic mass is 10.1. The van der Waals surface area contributed by atoms with Crippen molar-refractivity contribution in [1.82, 2.24) is 15.2 Å². The molecule has 21 heavy (non-hydrogen) atoms. The van der Waals surface area contributed by atoms with Gasteiger partial charge in [-0.05, 0) is 31.9 Å². The lowest BCUT2D eigenvalue weighted by molar-refractivity contribution is -0.132. The molecule has 3 N–H and O–H groups in total. The summed E-state index contributed by atoms with van der Waals surface area (Å²) in [7, 11) is 0. The average Bonchev–Trinajstić information content (AvgIpc) is 2.48. The van der Waals surface area contributed by atoms with Crippen LogP contribution in [0.5, 0.6) is 0 Å². The van der Waals surface area contributed by atoms with Crippen LogP contribution in [0.25, 0.3) is 0 Å². The molecule has 1 unspecified atom stereocenters.